The van der Waals surface area contributed by atoms with E-state index in [9.17, 15) is 9.59 Å². The van der Waals surface area contributed by atoms with E-state index in [1.165, 1.54) is 0 Å². The third-order valence-electron chi connectivity index (χ3n) is 3.50. The van der Waals surface area contributed by atoms with Crippen molar-refractivity contribution >= 4 is 40.2 Å². The molecule has 0 aromatic heterocycles. The number of amides is 1. The van der Waals surface area contributed by atoms with Gasteiger partial charge in [0.2, 0.25) is 5.91 Å². The molecule has 1 fully saturated rings. The second-order valence-corrected chi connectivity index (χ2v) is 6.42. The van der Waals surface area contributed by atoms with Crippen LogP contribution in [-0.4, -0.2) is 41.5 Å². The molecule has 0 saturated carbocycles. The first-order chi connectivity index (χ1) is 9.45. The molecule has 1 aromatic rings. The summed E-state index contributed by atoms with van der Waals surface area (Å²) < 4.78 is 1.11. The number of carboxylic acids is 1. The minimum Gasteiger partial charge on any atom is -0.481 e. The number of nitrogens with one attached hydrogen (secondary N) is 1. The van der Waals surface area contributed by atoms with Crippen molar-refractivity contribution in [2.75, 3.05) is 25.0 Å². The smallest absolute Gasteiger partial charge is 0.308 e. The van der Waals surface area contributed by atoms with E-state index >= 15 is 0 Å². The van der Waals surface area contributed by atoms with Gasteiger partial charge in [0.1, 0.15) is 0 Å². The number of hydrogen-bond acceptors (Lipinski definition) is 3. The van der Waals surface area contributed by atoms with Crippen molar-refractivity contribution in [2.45, 2.75) is 6.92 Å². The lowest BCUT2D eigenvalue weighted by Crippen LogP contribution is -2.32. The number of carboxylic acid groups (broad SMARTS) is 1. The highest BCUT2D eigenvalue weighted by Gasteiger charge is 2.35. The van der Waals surface area contributed by atoms with E-state index in [1.54, 1.807) is 0 Å². The van der Waals surface area contributed by atoms with Crippen LogP contribution in [0.3, 0.4) is 0 Å². The predicted octanol–water partition coefficient (Wildman–Crippen LogP) is 1.88. The number of hydrogen-bond donors (Lipinski definition) is 2. The molecule has 1 aromatic carbocycles. The Morgan fingerprint density at radius 1 is 1.35 bits per heavy atom. The van der Waals surface area contributed by atoms with Crippen molar-refractivity contribution in [3.05, 3.63) is 27.8 Å². The zero-order valence-electron chi connectivity index (χ0n) is 11.2. The molecule has 0 aliphatic carbocycles. The van der Waals surface area contributed by atoms with Crippen molar-refractivity contribution in [3.63, 3.8) is 0 Å². The van der Waals surface area contributed by atoms with Crippen molar-refractivity contribution < 1.29 is 14.7 Å². The summed E-state index contributed by atoms with van der Waals surface area (Å²) in [5.74, 6) is -1.18. The average molecular weight is 388 g/mol. The molecule has 2 N–H and O–H groups in total. The van der Waals surface area contributed by atoms with Crippen molar-refractivity contribution in [1.82, 2.24) is 4.90 Å². The van der Waals surface area contributed by atoms with Crippen LogP contribution >= 0.6 is 22.6 Å². The van der Waals surface area contributed by atoms with Gasteiger partial charge in [0.05, 0.1) is 12.5 Å². The van der Waals surface area contributed by atoms with Crippen LogP contribution in [0.5, 0.6) is 0 Å². The number of nitrogens with zero attached hydrogens (tertiary/aromatic N) is 1. The number of likely N-dealkylation sites (tertiary alicyclic amines) is 1. The van der Waals surface area contributed by atoms with E-state index in [0.29, 0.717) is 13.1 Å². The number of carbonyl (C=O) groups is 2. The normalized spacial score (nSPS) is 22.7. The van der Waals surface area contributed by atoms with Crippen LogP contribution in [-0.2, 0) is 9.59 Å². The fraction of sp³-hybridized carbons (Fsp3) is 0.429. The number of rotatable bonds is 4. The number of benzene rings is 1. The number of halogens is 1. The van der Waals surface area contributed by atoms with E-state index in [-0.39, 0.29) is 24.3 Å². The largest absolute Gasteiger partial charge is 0.481 e. The Morgan fingerprint density at radius 2 is 2.00 bits per heavy atom. The van der Waals surface area contributed by atoms with Gasteiger partial charge >= 0.3 is 5.97 Å². The summed E-state index contributed by atoms with van der Waals surface area (Å²) in [6.45, 7) is 3.24. The molecule has 2 rings (SSSR count). The molecule has 5 nitrogen and oxygen atoms in total. The van der Waals surface area contributed by atoms with Crippen LogP contribution in [0.25, 0.3) is 0 Å². The van der Waals surface area contributed by atoms with Crippen LogP contribution in [0.4, 0.5) is 5.69 Å². The maximum atomic E-state index is 11.9. The average Bonchev–Trinajstić information content (AvgIpc) is 2.73. The first kappa shape index (κ1) is 15.2. The Balaban J connectivity index is 1.86. The molecular formula is C14H17IN2O3. The third kappa shape index (κ3) is 3.92. The highest BCUT2D eigenvalue weighted by molar-refractivity contribution is 14.1. The maximum absolute atomic E-state index is 11.9. The molecule has 0 spiro atoms. The van der Waals surface area contributed by atoms with E-state index in [1.807, 2.05) is 36.1 Å². The molecule has 0 radical (unpaired) electrons. The van der Waals surface area contributed by atoms with Gasteiger partial charge in [-0.1, -0.05) is 6.92 Å². The second kappa shape index (κ2) is 6.53. The van der Waals surface area contributed by atoms with Gasteiger partial charge < -0.3 is 10.4 Å². The Morgan fingerprint density at radius 3 is 2.55 bits per heavy atom. The molecule has 1 heterocycles. The molecule has 6 heteroatoms. The third-order valence-corrected chi connectivity index (χ3v) is 4.22. The van der Waals surface area contributed by atoms with Gasteiger partial charge in [0.25, 0.3) is 0 Å². The SMILES string of the molecule is C[C@@H]1CN(CC(=O)Nc2ccc(I)cc2)C[C@H]1C(=O)O. The monoisotopic (exact) mass is 388 g/mol. The lowest BCUT2D eigenvalue weighted by Gasteiger charge is -2.14. The van der Waals surface area contributed by atoms with Gasteiger partial charge in [0.15, 0.2) is 0 Å². The van der Waals surface area contributed by atoms with Gasteiger partial charge in [-0.2, -0.15) is 0 Å². The fourth-order valence-electron chi connectivity index (χ4n) is 2.45. The Hall–Kier alpha value is -1.15. The topological polar surface area (TPSA) is 69.6 Å². The highest BCUT2D eigenvalue weighted by atomic mass is 127. The summed E-state index contributed by atoms with van der Waals surface area (Å²) in [6, 6.07) is 7.56. The van der Waals surface area contributed by atoms with Gasteiger partial charge in [-0.05, 0) is 52.8 Å². The molecule has 20 heavy (non-hydrogen) atoms. The van der Waals surface area contributed by atoms with E-state index in [4.69, 9.17) is 5.11 Å². The van der Waals surface area contributed by atoms with Crippen molar-refractivity contribution in [3.8, 4) is 0 Å². The minimum absolute atomic E-state index is 0.0820. The summed E-state index contributed by atoms with van der Waals surface area (Å²) in [4.78, 5) is 24.9. The molecule has 108 valence electrons. The van der Waals surface area contributed by atoms with Crippen LogP contribution < -0.4 is 5.32 Å². The molecule has 0 unspecified atom stereocenters. The van der Waals surface area contributed by atoms with Gasteiger partial charge in [-0.3, -0.25) is 14.5 Å². The van der Waals surface area contributed by atoms with Crippen LogP contribution in [0.1, 0.15) is 6.92 Å². The maximum Gasteiger partial charge on any atom is 0.308 e. The van der Waals surface area contributed by atoms with E-state index in [2.05, 4.69) is 27.9 Å². The quantitative estimate of drug-likeness (QED) is 0.773. The van der Waals surface area contributed by atoms with E-state index in [0.717, 1.165) is 9.26 Å². The molecular weight excluding hydrogens is 371 g/mol. The highest BCUT2D eigenvalue weighted by Crippen LogP contribution is 2.22. The molecule has 0 bridgehead atoms. The number of anilines is 1. The van der Waals surface area contributed by atoms with Crippen molar-refractivity contribution in [2.24, 2.45) is 11.8 Å². The standard InChI is InChI=1S/C14H17IN2O3/c1-9-6-17(7-12(9)14(19)20)8-13(18)16-11-4-2-10(15)3-5-11/h2-5,9,12H,6-8H2,1H3,(H,16,18)(H,19,20)/t9-,12-/m1/s1. The predicted molar refractivity (Wildman–Crippen MR) is 84.5 cm³/mol. The molecule has 1 aliphatic heterocycles. The minimum atomic E-state index is -0.780. The fourth-order valence-corrected chi connectivity index (χ4v) is 2.81. The summed E-state index contributed by atoms with van der Waals surface area (Å²) in [5.41, 5.74) is 0.762. The summed E-state index contributed by atoms with van der Waals surface area (Å²) in [7, 11) is 0. The van der Waals surface area contributed by atoms with Gasteiger partial charge in [-0.25, -0.2) is 0 Å². The Kier molecular flexibility index (Phi) is 4.98. The Labute approximate surface area is 131 Å². The summed E-state index contributed by atoms with van der Waals surface area (Å²) in [6.07, 6.45) is 0. The summed E-state index contributed by atoms with van der Waals surface area (Å²) in [5, 5.41) is 11.9. The van der Waals surface area contributed by atoms with Gasteiger partial charge in [-0.15, -0.1) is 0 Å². The zero-order chi connectivity index (χ0) is 14.7. The Bertz CT molecular complexity index is 504. The second-order valence-electron chi connectivity index (χ2n) is 5.17. The van der Waals surface area contributed by atoms with Gasteiger partial charge in [0, 0.05) is 22.3 Å². The lowest BCUT2D eigenvalue weighted by atomic mass is 9.99. The van der Waals surface area contributed by atoms with Crippen molar-refractivity contribution in [1.29, 1.82) is 0 Å². The van der Waals surface area contributed by atoms with E-state index < -0.39 is 5.97 Å². The lowest BCUT2D eigenvalue weighted by molar-refractivity contribution is -0.142. The van der Waals surface area contributed by atoms with Crippen LogP contribution in [0, 0.1) is 15.4 Å². The molecule has 2 atom stereocenters. The van der Waals surface area contributed by atoms with Crippen LogP contribution in [0.2, 0.25) is 0 Å². The van der Waals surface area contributed by atoms with Crippen LogP contribution in [0.15, 0.2) is 24.3 Å². The first-order valence-corrected chi connectivity index (χ1v) is 7.54. The molecule has 1 amide bonds. The first-order valence-electron chi connectivity index (χ1n) is 6.46. The number of carbonyl (C=O) groups excluding carboxylic acids is 1. The summed E-state index contributed by atoms with van der Waals surface area (Å²) >= 11 is 2.20. The molecule has 1 saturated heterocycles. The zero-order valence-corrected chi connectivity index (χ0v) is 13.3. The molecule has 1 aliphatic rings. The number of aliphatic carboxylic acids is 1.